The highest BCUT2D eigenvalue weighted by Crippen LogP contribution is 2.20. The van der Waals surface area contributed by atoms with Crippen molar-refractivity contribution in [2.75, 3.05) is 12.3 Å². The van der Waals surface area contributed by atoms with Crippen LogP contribution >= 0.6 is 0 Å². The van der Waals surface area contributed by atoms with Crippen LogP contribution in [0.5, 0.6) is 0 Å². The Morgan fingerprint density at radius 1 is 1.42 bits per heavy atom. The minimum Gasteiger partial charge on any atom is -0.443 e. The lowest BCUT2D eigenvalue weighted by Crippen LogP contribution is -2.30. The molecule has 0 spiro atoms. The average Bonchev–Trinajstić information content (AvgIpc) is 3.08. The number of rotatable bonds is 5. The van der Waals surface area contributed by atoms with E-state index in [-0.39, 0.29) is 23.9 Å². The zero-order chi connectivity index (χ0) is 17.7. The van der Waals surface area contributed by atoms with E-state index in [1.807, 2.05) is 0 Å². The molecule has 0 saturated heterocycles. The fourth-order valence-corrected chi connectivity index (χ4v) is 1.90. The van der Waals surface area contributed by atoms with Crippen LogP contribution in [0.4, 0.5) is 5.82 Å². The van der Waals surface area contributed by atoms with Gasteiger partial charge in [-0.25, -0.2) is 15.0 Å². The number of aromatic nitrogens is 3. The van der Waals surface area contributed by atoms with E-state index in [1.165, 1.54) is 18.7 Å². The summed E-state index contributed by atoms with van der Waals surface area (Å²) < 4.78 is 5.17. The van der Waals surface area contributed by atoms with Gasteiger partial charge in [-0.2, -0.15) is 0 Å². The monoisotopic (exact) mass is 329 g/mol. The van der Waals surface area contributed by atoms with E-state index in [1.54, 1.807) is 19.9 Å². The highest BCUT2D eigenvalue weighted by molar-refractivity contribution is 5.96. The highest BCUT2D eigenvalue weighted by Gasteiger charge is 2.18. The Kier molecular flexibility index (Phi) is 5.15. The molecule has 126 valence electrons. The average molecular weight is 329 g/mol. The van der Waals surface area contributed by atoms with Crippen LogP contribution in [0, 0.1) is 6.92 Å². The van der Waals surface area contributed by atoms with Crippen LogP contribution in [0.25, 0.3) is 11.6 Å². The summed E-state index contributed by atoms with van der Waals surface area (Å²) in [6.07, 6.45) is 5.98. The number of oxazole rings is 1. The molecule has 1 amide bonds. The van der Waals surface area contributed by atoms with Gasteiger partial charge in [0.2, 0.25) is 5.89 Å². The fraction of sp³-hybridized carbons (Fsp3) is 0.200. The van der Waals surface area contributed by atoms with Crippen molar-refractivity contribution in [1.82, 2.24) is 20.3 Å². The minimum atomic E-state index is -0.479. The predicted octanol–water partition coefficient (Wildman–Crippen LogP) is 0.457. The molecule has 7 N–H and O–H groups in total. The molecule has 0 atom stereocenters. The summed E-state index contributed by atoms with van der Waals surface area (Å²) in [5.74, 6) is -0.213. The maximum atomic E-state index is 12.2. The SMILES string of the molecule is CC(=C/N)/C=C(\N)CNC(=O)c1nc(C)c(-c2ncco2)nc1N. The summed E-state index contributed by atoms with van der Waals surface area (Å²) in [4.78, 5) is 24.6. The Hall–Kier alpha value is -3.36. The molecule has 24 heavy (non-hydrogen) atoms. The van der Waals surface area contributed by atoms with Crippen LogP contribution in [0.3, 0.4) is 0 Å². The zero-order valence-electron chi connectivity index (χ0n) is 13.4. The van der Waals surface area contributed by atoms with Crippen molar-refractivity contribution in [2.24, 2.45) is 11.5 Å². The number of allylic oxidation sites excluding steroid dienone is 2. The van der Waals surface area contributed by atoms with Gasteiger partial charge < -0.3 is 26.9 Å². The predicted molar refractivity (Wildman–Crippen MR) is 89.2 cm³/mol. The van der Waals surface area contributed by atoms with Crippen LogP contribution in [-0.4, -0.2) is 27.4 Å². The second-order valence-corrected chi connectivity index (χ2v) is 5.04. The number of nitrogens with zero attached hydrogens (tertiary/aromatic N) is 3. The first-order valence-corrected chi connectivity index (χ1v) is 7.09. The van der Waals surface area contributed by atoms with E-state index < -0.39 is 5.91 Å². The van der Waals surface area contributed by atoms with Crippen molar-refractivity contribution in [1.29, 1.82) is 0 Å². The minimum absolute atomic E-state index is 0.0155. The van der Waals surface area contributed by atoms with Gasteiger partial charge in [0.15, 0.2) is 11.5 Å². The molecular weight excluding hydrogens is 310 g/mol. The van der Waals surface area contributed by atoms with E-state index in [0.717, 1.165) is 5.57 Å². The van der Waals surface area contributed by atoms with Gasteiger partial charge in [0.25, 0.3) is 5.91 Å². The van der Waals surface area contributed by atoms with E-state index >= 15 is 0 Å². The summed E-state index contributed by atoms with van der Waals surface area (Å²) in [5.41, 5.74) is 19.1. The van der Waals surface area contributed by atoms with Gasteiger partial charge in [-0.05, 0) is 31.7 Å². The Bertz CT molecular complexity index is 794. The number of anilines is 1. The maximum Gasteiger partial charge on any atom is 0.274 e. The molecule has 0 unspecified atom stereocenters. The molecule has 0 aliphatic rings. The second kappa shape index (κ2) is 7.27. The second-order valence-electron chi connectivity index (χ2n) is 5.04. The largest absolute Gasteiger partial charge is 0.443 e. The van der Waals surface area contributed by atoms with Gasteiger partial charge in [-0.15, -0.1) is 0 Å². The number of aryl methyl sites for hydroxylation is 1. The van der Waals surface area contributed by atoms with Crippen molar-refractivity contribution >= 4 is 11.7 Å². The highest BCUT2D eigenvalue weighted by atomic mass is 16.3. The third-order valence-corrected chi connectivity index (χ3v) is 3.08. The summed E-state index contributed by atoms with van der Waals surface area (Å²) in [5, 5.41) is 2.63. The maximum absolute atomic E-state index is 12.2. The number of hydrogen-bond acceptors (Lipinski definition) is 8. The first-order valence-electron chi connectivity index (χ1n) is 7.09. The molecule has 0 radical (unpaired) electrons. The normalized spacial score (nSPS) is 12.2. The number of nitrogens with one attached hydrogen (secondary N) is 1. The smallest absolute Gasteiger partial charge is 0.274 e. The number of carbonyl (C=O) groups excluding carboxylic acids is 1. The summed E-state index contributed by atoms with van der Waals surface area (Å²) in [6.45, 7) is 3.61. The summed E-state index contributed by atoms with van der Waals surface area (Å²) >= 11 is 0. The first-order chi connectivity index (χ1) is 11.4. The van der Waals surface area contributed by atoms with E-state index in [9.17, 15) is 4.79 Å². The van der Waals surface area contributed by atoms with Crippen molar-refractivity contribution in [3.8, 4) is 11.6 Å². The summed E-state index contributed by atoms with van der Waals surface area (Å²) in [7, 11) is 0. The Balaban J connectivity index is 2.16. The topological polar surface area (TPSA) is 159 Å². The molecule has 9 heteroatoms. The lowest BCUT2D eigenvalue weighted by atomic mass is 10.2. The number of amides is 1. The van der Waals surface area contributed by atoms with Gasteiger partial charge in [0.05, 0.1) is 18.4 Å². The molecule has 0 saturated carbocycles. The fourth-order valence-electron chi connectivity index (χ4n) is 1.90. The molecule has 0 aromatic carbocycles. The van der Waals surface area contributed by atoms with Crippen LogP contribution in [-0.2, 0) is 0 Å². The zero-order valence-corrected chi connectivity index (χ0v) is 13.4. The third kappa shape index (κ3) is 3.88. The molecule has 0 aliphatic carbocycles. The first kappa shape index (κ1) is 17.0. The number of nitrogens with two attached hydrogens (primary N) is 3. The Morgan fingerprint density at radius 2 is 2.17 bits per heavy atom. The molecule has 9 nitrogen and oxygen atoms in total. The number of carbonyl (C=O) groups is 1. The van der Waals surface area contributed by atoms with E-state index in [2.05, 4.69) is 20.3 Å². The molecule has 0 aliphatic heterocycles. The molecule has 2 rings (SSSR count). The van der Waals surface area contributed by atoms with Gasteiger partial charge in [-0.3, -0.25) is 4.79 Å². The lowest BCUT2D eigenvalue weighted by Gasteiger charge is -2.09. The molecule has 2 aromatic heterocycles. The van der Waals surface area contributed by atoms with Crippen molar-refractivity contribution in [2.45, 2.75) is 13.8 Å². The van der Waals surface area contributed by atoms with Crippen molar-refractivity contribution in [3.05, 3.63) is 47.4 Å². The standard InChI is InChI=1S/C15H19N7O2/c1-8(6-16)5-10(17)7-20-14(23)12-13(18)22-11(9(2)21-12)15-19-3-4-24-15/h3-6H,7,16-17H2,1-2H3,(H2,18,22)(H,20,23)/b8-6-,10-5-. The summed E-state index contributed by atoms with van der Waals surface area (Å²) in [6, 6.07) is 0. The van der Waals surface area contributed by atoms with E-state index in [4.69, 9.17) is 21.6 Å². The molecule has 0 fully saturated rings. The van der Waals surface area contributed by atoms with Crippen LogP contribution < -0.4 is 22.5 Å². The number of nitrogen functional groups attached to an aromatic ring is 1. The van der Waals surface area contributed by atoms with Crippen molar-refractivity contribution < 1.29 is 9.21 Å². The third-order valence-electron chi connectivity index (χ3n) is 3.08. The van der Waals surface area contributed by atoms with Gasteiger partial charge in [0.1, 0.15) is 12.0 Å². The Labute approximate surface area is 138 Å². The van der Waals surface area contributed by atoms with Crippen molar-refractivity contribution in [3.63, 3.8) is 0 Å². The quantitative estimate of drug-likeness (QED) is 0.575. The molecule has 0 bridgehead atoms. The van der Waals surface area contributed by atoms with Gasteiger partial charge in [0, 0.05) is 5.70 Å². The van der Waals surface area contributed by atoms with Crippen LogP contribution in [0.1, 0.15) is 23.1 Å². The van der Waals surface area contributed by atoms with Crippen LogP contribution in [0.15, 0.2) is 40.4 Å². The van der Waals surface area contributed by atoms with Crippen LogP contribution in [0.2, 0.25) is 0 Å². The van der Waals surface area contributed by atoms with Gasteiger partial charge in [-0.1, -0.05) is 0 Å². The molecule has 2 aromatic rings. The molecule has 2 heterocycles. The number of hydrogen-bond donors (Lipinski definition) is 4. The van der Waals surface area contributed by atoms with E-state index in [0.29, 0.717) is 17.1 Å². The van der Waals surface area contributed by atoms with Gasteiger partial charge >= 0.3 is 0 Å². The Morgan fingerprint density at radius 3 is 2.79 bits per heavy atom. The molecular formula is C15H19N7O2. The lowest BCUT2D eigenvalue weighted by molar-refractivity contribution is 0.0952.